The van der Waals surface area contributed by atoms with Crippen molar-refractivity contribution in [3.05, 3.63) is 27.5 Å². The number of aromatic amines is 1. The third-order valence-corrected chi connectivity index (χ3v) is 2.60. The van der Waals surface area contributed by atoms with Crippen molar-refractivity contribution in [2.45, 2.75) is 6.92 Å². The molecule has 0 amide bonds. The zero-order valence-corrected chi connectivity index (χ0v) is 8.70. The van der Waals surface area contributed by atoms with Crippen LogP contribution in [0, 0.1) is 6.92 Å². The minimum atomic E-state index is 0.727. The van der Waals surface area contributed by atoms with Gasteiger partial charge in [-0.25, -0.2) is 4.98 Å². The van der Waals surface area contributed by atoms with Gasteiger partial charge in [0.2, 0.25) is 0 Å². The van der Waals surface area contributed by atoms with E-state index in [0.717, 1.165) is 26.2 Å². The van der Waals surface area contributed by atoms with E-state index in [9.17, 15) is 0 Å². The van der Waals surface area contributed by atoms with Gasteiger partial charge in [-0.3, -0.25) is 0 Å². The molecule has 1 N–H and O–H groups in total. The van der Waals surface area contributed by atoms with Gasteiger partial charge in [0.05, 0.1) is 10.4 Å². The van der Waals surface area contributed by atoms with Crippen LogP contribution in [-0.2, 0) is 0 Å². The molecule has 0 saturated carbocycles. The normalized spacial score (nSPS) is 10.9. The Hall–Kier alpha value is -0.540. The van der Waals surface area contributed by atoms with Gasteiger partial charge in [0.15, 0.2) is 0 Å². The average Bonchev–Trinajstić information content (AvgIpc) is 2.31. The number of hydrogen-bond donors (Lipinski definition) is 1. The van der Waals surface area contributed by atoms with Crippen molar-refractivity contribution in [1.82, 2.24) is 9.97 Å². The lowest BCUT2D eigenvalue weighted by Gasteiger charge is -1.96. The maximum Gasteiger partial charge on any atom is 0.140 e. The van der Waals surface area contributed by atoms with Crippen LogP contribution in [0.5, 0.6) is 0 Å². The highest BCUT2D eigenvalue weighted by Gasteiger charge is 2.06. The lowest BCUT2D eigenvalue weighted by atomic mass is 10.3. The number of hydrogen-bond acceptors (Lipinski definition) is 1. The lowest BCUT2D eigenvalue weighted by molar-refractivity contribution is 1.22. The third-order valence-electron chi connectivity index (χ3n) is 1.67. The topological polar surface area (TPSA) is 28.7 Å². The summed E-state index contributed by atoms with van der Waals surface area (Å²) >= 11 is 9.41. The minimum absolute atomic E-state index is 0.727. The standard InChI is InChI=1S/C8H6BrClN2/c1-4-2-6(10)7-5(9)3-11-8(7)12-4/h2-3H,1H3,(H,11,12). The Labute approximate surface area is 83.1 Å². The monoisotopic (exact) mass is 244 g/mol. The molecule has 4 heteroatoms. The Morgan fingerprint density at radius 3 is 3.08 bits per heavy atom. The molecule has 0 unspecified atom stereocenters. The second kappa shape index (κ2) is 2.75. The van der Waals surface area contributed by atoms with Gasteiger partial charge >= 0.3 is 0 Å². The molecule has 0 aromatic carbocycles. The number of nitrogens with one attached hydrogen (secondary N) is 1. The van der Waals surface area contributed by atoms with Gasteiger partial charge in [0, 0.05) is 16.4 Å². The summed E-state index contributed by atoms with van der Waals surface area (Å²) in [5.74, 6) is 0. The summed E-state index contributed by atoms with van der Waals surface area (Å²) in [6, 6.07) is 1.85. The van der Waals surface area contributed by atoms with Crippen LogP contribution in [0.2, 0.25) is 5.02 Å². The highest BCUT2D eigenvalue weighted by Crippen LogP contribution is 2.29. The number of aryl methyl sites for hydroxylation is 1. The van der Waals surface area contributed by atoms with E-state index < -0.39 is 0 Å². The van der Waals surface area contributed by atoms with Crippen molar-refractivity contribution in [1.29, 1.82) is 0 Å². The molecule has 0 saturated heterocycles. The molecule has 0 aliphatic heterocycles. The van der Waals surface area contributed by atoms with Crippen LogP contribution in [0.15, 0.2) is 16.7 Å². The van der Waals surface area contributed by atoms with Crippen molar-refractivity contribution in [3.8, 4) is 0 Å². The highest BCUT2D eigenvalue weighted by atomic mass is 79.9. The van der Waals surface area contributed by atoms with Crippen molar-refractivity contribution >= 4 is 38.6 Å². The number of halogens is 2. The van der Waals surface area contributed by atoms with Crippen molar-refractivity contribution in [3.63, 3.8) is 0 Å². The minimum Gasteiger partial charge on any atom is -0.345 e. The van der Waals surface area contributed by atoms with Crippen LogP contribution in [0.3, 0.4) is 0 Å². The largest absolute Gasteiger partial charge is 0.345 e. The van der Waals surface area contributed by atoms with Gasteiger partial charge in [0.1, 0.15) is 5.65 Å². The molecule has 2 rings (SSSR count). The number of H-pyrrole nitrogens is 1. The van der Waals surface area contributed by atoms with E-state index in [2.05, 4.69) is 25.9 Å². The van der Waals surface area contributed by atoms with Crippen molar-refractivity contribution < 1.29 is 0 Å². The fourth-order valence-electron chi connectivity index (χ4n) is 1.17. The molecule has 0 atom stereocenters. The van der Waals surface area contributed by atoms with Crippen LogP contribution >= 0.6 is 27.5 Å². The van der Waals surface area contributed by atoms with Crippen LogP contribution in [0.25, 0.3) is 11.0 Å². The SMILES string of the molecule is Cc1cc(Cl)c2c(Br)c[nH]c2n1. The van der Waals surface area contributed by atoms with Crippen LogP contribution in [0.4, 0.5) is 0 Å². The Morgan fingerprint density at radius 1 is 1.58 bits per heavy atom. The number of pyridine rings is 1. The summed E-state index contributed by atoms with van der Waals surface area (Å²) in [7, 11) is 0. The Kier molecular flexibility index (Phi) is 1.85. The molecule has 2 aromatic rings. The highest BCUT2D eigenvalue weighted by molar-refractivity contribution is 9.10. The summed E-state index contributed by atoms with van der Waals surface area (Å²) in [5, 5.41) is 1.67. The smallest absolute Gasteiger partial charge is 0.140 e. The maximum atomic E-state index is 6.02. The molecule has 0 aliphatic rings. The van der Waals surface area contributed by atoms with Gasteiger partial charge < -0.3 is 4.98 Å². The predicted molar refractivity (Wildman–Crippen MR) is 53.5 cm³/mol. The van der Waals surface area contributed by atoms with Gasteiger partial charge in [-0.1, -0.05) is 11.6 Å². The molecular formula is C8H6BrClN2. The number of nitrogens with zero attached hydrogens (tertiary/aromatic N) is 1. The molecular weight excluding hydrogens is 239 g/mol. The summed E-state index contributed by atoms with van der Waals surface area (Å²) in [4.78, 5) is 7.31. The number of rotatable bonds is 0. The molecule has 0 radical (unpaired) electrons. The number of fused-ring (bicyclic) bond motifs is 1. The molecule has 62 valence electrons. The van der Waals surface area contributed by atoms with Gasteiger partial charge in [0.25, 0.3) is 0 Å². The number of aromatic nitrogens is 2. The summed E-state index contributed by atoms with van der Waals surface area (Å²) < 4.78 is 0.954. The van der Waals surface area contributed by atoms with E-state index in [1.54, 1.807) is 0 Å². The molecule has 0 bridgehead atoms. The van der Waals surface area contributed by atoms with Gasteiger partial charge in [-0.15, -0.1) is 0 Å². The molecule has 0 aliphatic carbocycles. The first-order valence-electron chi connectivity index (χ1n) is 3.48. The molecule has 0 spiro atoms. The van der Waals surface area contributed by atoms with Crippen LogP contribution < -0.4 is 0 Å². The van der Waals surface area contributed by atoms with E-state index in [1.807, 2.05) is 19.2 Å². The Balaban J connectivity index is 2.93. The summed E-state index contributed by atoms with van der Waals surface area (Å²) in [6.45, 7) is 1.92. The van der Waals surface area contributed by atoms with Crippen molar-refractivity contribution in [2.75, 3.05) is 0 Å². The maximum absolute atomic E-state index is 6.02. The fourth-order valence-corrected chi connectivity index (χ4v) is 2.15. The van der Waals surface area contributed by atoms with Crippen LogP contribution in [-0.4, -0.2) is 9.97 Å². The first kappa shape index (κ1) is 8.08. The Morgan fingerprint density at radius 2 is 2.33 bits per heavy atom. The van der Waals surface area contributed by atoms with E-state index in [-0.39, 0.29) is 0 Å². The van der Waals surface area contributed by atoms with Crippen LogP contribution in [0.1, 0.15) is 5.69 Å². The second-order valence-corrected chi connectivity index (χ2v) is 3.87. The predicted octanol–water partition coefficient (Wildman–Crippen LogP) is 3.29. The first-order valence-corrected chi connectivity index (χ1v) is 4.65. The van der Waals surface area contributed by atoms with E-state index in [0.29, 0.717) is 0 Å². The second-order valence-electron chi connectivity index (χ2n) is 2.61. The molecule has 2 heterocycles. The first-order chi connectivity index (χ1) is 5.68. The summed E-state index contributed by atoms with van der Waals surface area (Å²) in [6.07, 6.45) is 1.84. The van der Waals surface area contributed by atoms with E-state index >= 15 is 0 Å². The van der Waals surface area contributed by atoms with Gasteiger partial charge in [-0.2, -0.15) is 0 Å². The summed E-state index contributed by atoms with van der Waals surface area (Å²) in [5.41, 5.74) is 1.74. The molecule has 2 nitrogen and oxygen atoms in total. The van der Waals surface area contributed by atoms with E-state index in [4.69, 9.17) is 11.6 Å². The molecule has 0 fully saturated rings. The van der Waals surface area contributed by atoms with Gasteiger partial charge in [-0.05, 0) is 28.9 Å². The Bertz CT molecular complexity index is 436. The van der Waals surface area contributed by atoms with E-state index in [1.165, 1.54) is 0 Å². The zero-order valence-electron chi connectivity index (χ0n) is 6.36. The lowest BCUT2D eigenvalue weighted by Crippen LogP contribution is -1.82. The zero-order chi connectivity index (χ0) is 8.72. The molecule has 2 aromatic heterocycles. The van der Waals surface area contributed by atoms with Crippen molar-refractivity contribution in [2.24, 2.45) is 0 Å². The fraction of sp³-hybridized carbons (Fsp3) is 0.125. The quantitative estimate of drug-likeness (QED) is 0.758. The molecule has 12 heavy (non-hydrogen) atoms. The third kappa shape index (κ3) is 1.13. The average molecular weight is 246 g/mol.